The van der Waals surface area contributed by atoms with Crippen LogP contribution in [0.3, 0.4) is 0 Å². The van der Waals surface area contributed by atoms with Crippen LogP contribution < -0.4 is 15.5 Å². The molecule has 7 heteroatoms. The zero-order valence-electron chi connectivity index (χ0n) is 20.1. The molecule has 1 unspecified atom stereocenters. The largest absolute Gasteiger partial charge is 0.380 e. The molecule has 4 rings (SSSR count). The number of hydrogen-bond acceptors (Lipinski definition) is 5. The lowest BCUT2D eigenvalue weighted by Gasteiger charge is -2.46. The van der Waals surface area contributed by atoms with Crippen molar-refractivity contribution in [1.82, 2.24) is 10.3 Å². The molecule has 0 spiro atoms. The lowest BCUT2D eigenvalue weighted by atomic mass is 9.79. The van der Waals surface area contributed by atoms with Crippen LogP contribution in [-0.4, -0.2) is 42.6 Å². The monoisotopic (exact) mass is 450 g/mol. The van der Waals surface area contributed by atoms with Gasteiger partial charge in [-0.3, -0.25) is 9.59 Å². The van der Waals surface area contributed by atoms with Crippen LogP contribution in [-0.2, 0) is 9.53 Å². The molecule has 1 aliphatic carbocycles. The number of amides is 2. The number of hydrogen-bond donors (Lipinski definition) is 2. The van der Waals surface area contributed by atoms with Crippen molar-refractivity contribution >= 4 is 23.3 Å². The molecule has 7 nitrogen and oxygen atoms in total. The lowest BCUT2D eigenvalue weighted by molar-refractivity contribution is -0.117. The average molecular weight is 451 g/mol. The number of carbonyl (C=O) groups is 2. The highest BCUT2D eigenvalue weighted by Gasteiger charge is 2.47. The molecule has 2 aliphatic rings. The third-order valence-corrected chi connectivity index (χ3v) is 6.84. The molecule has 1 aromatic carbocycles. The maximum atomic E-state index is 12.9. The zero-order valence-corrected chi connectivity index (χ0v) is 20.1. The molecule has 0 radical (unpaired) electrons. The molecule has 176 valence electrons. The van der Waals surface area contributed by atoms with Crippen molar-refractivity contribution < 1.29 is 14.3 Å². The van der Waals surface area contributed by atoms with E-state index >= 15 is 0 Å². The topological polar surface area (TPSA) is 83.6 Å². The molecule has 2 heterocycles. The minimum atomic E-state index is -0.152. The van der Waals surface area contributed by atoms with Gasteiger partial charge < -0.3 is 20.3 Å². The first kappa shape index (κ1) is 23.2. The predicted molar refractivity (Wildman–Crippen MR) is 129 cm³/mol. The summed E-state index contributed by atoms with van der Waals surface area (Å²) < 4.78 is 5.24. The first-order chi connectivity index (χ1) is 15.8. The van der Waals surface area contributed by atoms with Gasteiger partial charge in [-0.05, 0) is 68.5 Å². The maximum absolute atomic E-state index is 12.9. The third-order valence-electron chi connectivity index (χ3n) is 6.84. The summed E-state index contributed by atoms with van der Waals surface area (Å²) in [5, 5.41) is 6.56. The molecule has 1 saturated carbocycles. The highest BCUT2D eigenvalue weighted by atomic mass is 16.5. The number of nitrogens with one attached hydrogen (secondary N) is 2. The molecule has 4 atom stereocenters. The van der Waals surface area contributed by atoms with E-state index in [2.05, 4.69) is 22.5 Å². The highest BCUT2D eigenvalue weighted by molar-refractivity contribution is 5.98. The van der Waals surface area contributed by atoms with E-state index < -0.39 is 0 Å². The average Bonchev–Trinajstić information content (AvgIpc) is 3.63. The number of benzene rings is 1. The molecule has 2 amide bonds. The van der Waals surface area contributed by atoms with Crippen LogP contribution in [0.15, 0.2) is 36.4 Å². The Balaban J connectivity index is 1.73. The summed E-state index contributed by atoms with van der Waals surface area (Å²) in [5.74, 6) is 1.35. The second kappa shape index (κ2) is 9.51. The van der Waals surface area contributed by atoms with Crippen LogP contribution in [0.25, 0.3) is 0 Å². The van der Waals surface area contributed by atoms with Gasteiger partial charge in [0.05, 0.1) is 12.1 Å². The number of methoxy groups -OCH3 is 1. The maximum Gasteiger partial charge on any atom is 0.251 e. The van der Waals surface area contributed by atoms with E-state index in [4.69, 9.17) is 4.74 Å². The Labute approximate surface area is 195 Å². The quantitative estimate of drug-likeness (QED) is 0.664. The van der Waals surface area contributed by atoms with Crippen molar-refractivity contribution in [3.63, 3.8) is 0 Å². The summed E-state index contributed by atoms with van der Waals surface area (Å²) in [4.78, 5) is 32.2. The van der Waals surface area contributed by atoms with Gasteiger partial charge in [-0.25, -0.2) is 4.98 Å². The molecule has 1 fully saturated rings. The second-order valence-electron chi connectivity index (χ2n) is 9.39. The molecule has 1 aliphatic heterocycles. The number of carbonyl (C=O) groups excluding carboxylic acids is 2. The number of nitrogens with zero attached hydrogens (tertiary/aromatic N) is 2. The molecular weight excluding hydrogens is 416 g/mol. The van der Waals surface area contributed by atoms with E-state index in [1.165, 1.54) is 0 Å². The van der Waals surface area contributed by atoms with E-state index in [9.17, 15) is 9.59 Å². The summed E-state index contributed by atoms with van der Waals surface area (Å²) in [7, 11) is 1.62. The van der Waals surface area contributed by atoms with E-state index in [-0.39, 0.29) is 35.9 Å². The fourth-order valence-corrected chi connectivity index (χ4v) is 4.91. The van der Waals surface area contributed by atoms with Gasteiger partial charge in [0.2, 0.25) is 5.91 Å². The van der Waals surface area contributed by atoms with Gasteiger partial charge in [0.1, 0.15) is 5.82 Å². The summed E-state index contributed by atoms with van der Waals surface area (Å²) in [6.45, 7) is 8.14. The fourth-order valence-electron chi connectivity index (χ4n) is 4.91. The molecule has 0 bridgehead atoms. The number of anilines is 2. The summed E-state index contributed by atoms with van der Waals surface area (Å²) in [5.41, 5.74) is 3.34. The fraction of sp³-hybridized carbons (Fsp3) is 0.500. The Hall–Kier alpha value is -2.93. The van der Waals surface area contributed by atoms with E-state index in [1.807, 2.05) is 55.1 Å². The first-order valence-electron chi connectivity index (χ1n) is 11.7. The molecule has 1 aromatic heterocycles. The Morgan fingerprint density at radius 2 is 2.00 bits per heavy atom. The van der Waals surface area contributed by atoms with Gasteiger partial charge >= 0.3 is 0 Å². The van der Waals surface area contributed by atoms with E-state index in [1.54, 1.807) is 14.0 Å². The predicted octanol–water partition coefficient (Wildman–Crippen LogP) is 4.09. The summed E-state index contributed by atoms with van der Waals surface area (Å²) in [6, 6.07) is 11.6. The number of ether oxygens (including phenoxy) is 1. The molecule has 2 N–H and O–H groups in total. The van der Waals surface area contributed by atoms with Crippen molar-refractivity contribution in [3.8, 4) is 0 Å². The van der Waals surface area contributed by atoms with Crippen molar-refractivity contribution in [3.05, 3.63) is 53.2 Å². The van der Waals surface area contributed by atoms with Crippen LogP contribution in [0.5, 0.6) is 0 Å². The van der Waals surface area contributed by atoms with Crippen molar-refractivity contribution in [1.29, 1.82) is 0 Å². The lowest BCUT2D eigenvalue weighted by Crippen LogP contribution is -2.51. The van der Waals surface area contributed by atoms with Crippen molar-refractivity contribution in [2.45, 2.75) is 58.7 Å². The zero-order chi connectivity index (χ0) is 23.7. The van der Waals surface area contributed by atoms with Crippen LogP contribution in [0.1, 0.15) is 61.3 Å². The first-order valence-corrected chi connectivity index (χ1v) is 11.7. The Kier molecular flexibility index (Phi) is 6.70. The van der Waals surface area contributed by atoms with Gasteiger partial charge in [0.25, 0.3) is 5.91 Å². The van der Waals surface area contributed by atoms with Gasteiger partial charge in [-0.2, -0.15) is 0 Å². The van der Waals surface area contributed by atoms with Gasteiger partial charge in [-0.15, -0.1) is 0 Å². The normalized spacial score (nSPS) is 22.9. The molecule has 0 saturated heterocycles. The highest BCUT2D eigenvalue weighted by Crippen LogP contribution is 2.50. The number of aromatic nitrogens is 1. The molecule has 33 heavy (non-hydrogen) atoms. The minimum absolute atomic E-state index is 0.0400. The molecular formula is C26H34N4O3. The van der Waals surface area contributed by atoms with Gasteiger partial charge in [0.15, 0.2) is 0 Å². The van der Waals surface area contributed by atoms with Crippen molar-refractivity contribution in [2.75, 3.05) is 23.9 Å². The van der Waals surface area contributed by atoms with Crippen LogP contribution in [0.4, 0.5) is 11.5 Å². The van der Waals surface area contributed by atoms with Crippen LogP contribution in [0, 0.1) is 18.8 Å². The standard InChI is InChI=1S/C26H34N4O3/c1-15-7-6-8-23(28-15)29-24-17(3)25(19-9-10-19)30(18(4)31)22-12-11-20(13-21(22)24)26(32)27-14-16(2)33-5/h6-8,11-13,16-17,19,24-25H,9-10,14H2,1-5H3,(H,27,32)(H,28,29)/t16?,17-,24-,25-/m1/s1. The van der Waals surface area contributed by atoms with Crippen molar-refractivity contribution in [2.24, 2.45) is 11.8 Å². The summed E-state index contributed by atoms with van der Waals surface area (Å²) in [6.07, 6.45) is 2.21. The van der Waals surface area contributed by atoms with Gasteiger partial charge in [-0.1, -0.05) is 13.0 Å². The second-order valence-corrected chi connectivity index (χ2v) is 9.39. The third kappa shape index (κ3) is 4.88. The number of aryl methyl sites for hydroxylation is 1. The summed E-state index contributed by atoms with van der Waals surface area (Å²) >= 11 is 0. The number of pyridine rings is 1. The van der Waals surface area contributed by atoms with E-state index in [0.29, 0.717) is 18.0 Å². The number of fused-ring (bicyclic) bond motifs is 1. The Morgan fingerprint density at radius 1 is 1.24 bits per heavy atom. The van der Waals surface area contributed by atoms with Crippen LogP contribution in [0.2, 0.25) is 0 Å². The SMILES string of the molecule is COC(C)CNC(=O)c1ccc2c(c1)[C@H](Nc1cccc(C)n1)[C@@H](C)[C@H](C1CC1)N2C(C)=O. The molecule has 2 aromatic rings. The van der Waals surface area contributed by atoms with Gasteiger partial charge in [0, 0.05) is 49.5 Å². The Bertz CT molecular complexity index is 1040. The minimum Gasteiger partial charge on any atom is -0.380 e. The van der Waals surface area contributed by atoms with E-state index in [0.717, 1.165) is 35.6 Å². The Morgan fingerprint density at radius 3 is 2.64 bits per heavy atom. The smallest absolute Gasteiger partial charge is 0.251 e. The van der Waals surface area contributed by atoms with Crippen LogP contribution >= 0.6 is 0 Å². The number of rotatable bonds is 7.